The SMILES string of the molecule is Cc1nc(NC(=O)NC(C)(CO)C2CC2)oc1C. The van der Waals surface area contributed by atoms with Gasteiger partial charge in [-0.15, -0.1) is 0 Å². The van der Waals surface area contributed by atoms with Crippen LogP contribution in [0.25, 0.3) is 0 Å². The molecule has 1 heterocycles. The minimum Gasteiger partial charge on any atom is -0.428 e. The summed E-state index contributed by atoms with van der Waals surface area (Å²) in [6.07, 6.45) is 2.07. The molecule has 1 aromatic heterocycles. The van der Waals surface area contributed by atoms with Crippen LogP contribution in [0.2, 0.25) is 0 Å². The number of amides is 2. The number of carbonyl (C=O) groups excluding carboxylic acids is 1. The summed E-state index contributed by atoms with van der Waals surface area (Å²) >= 11 is 0. The van der Waals surface area contributed by atoms with E-state index in [-0.39, 0.29) is 12.6 Å². The van der Waals surface area contributed by atoms with Crippen molar-refractivity contribution in [3.63, 3.8) is 0 Å². The van der Waals surface area contributed by atoms with Gasteiger partial charge in [0.1, 0.15) is 5.76 Å². The third-order valence-corrected chi connectivity index (χ3v) is 3.45. The van der Waals surface area contributed by atoms with E-state index >= 15 is 0 Å². The molecular formula is C12H19N3O3. The molecule has 1 aliphatic carbocycles. The Balaban J connectivity index is 1.95. The van der Waals surface area contributed by atoms with Crippen LogP contribution in [0.5, 0.6) is 0 Å². The average Bonchev–Trinajstić information content (AvgIpc) is 3.08. The zero-order chi connectivity index (χ0) is 13.3. The van der Waals surface area contributed by atoms with Crippen molar-refractivity contribution in [3.8, 4) is 0 Å². The fourth-order valence-electron chi connectivity index (χ4n) is 1.91. The van der Waals surface area contributed by atoms with E-state index in [9.17, 15) is 9.90 Å². The van der Waals surface area contributed by atoms with E-state index in [4.69, 9.17) is 4.42 Å². The molecule has 100 valence electrons. The second kappa shape index (κ2) is 4.61. The number of nitrogens with one attached hydrogen (secondary N) is 2. The van der Waals surface area contributed by atoms with Crippen LogP contribution in [0, 0.1) is 19.8 Å². The van der Waals surface area contributed by atoms with Gasteiger partial charge >= 0.3 is 12.0 Å². The van der Waals surface area contributed by atoms with Crippen molar-refractivity contribution in [3.05, 3.63) is 11.5 Å². The minimum absolute atomic E-state index is 0.0747. The second-order valence-electron chi connectivity index (χ2n) is 5.09. The first-order valence-electron chi connectivity index (χ1n) is 6.08. The number of aliphatic hydroxyl groups excluding tert-OH is 1. The molecule has 6 nitrogen and oxygen atoms in total. The second-order valence-corrected chi connectivity index (χ2v) is 5.09. The van der Waals surface area contributed by atoms with Crippen LogP contribution in [0.1, 0.15) is 31.2 Å². The van der Waals surface area contributed by atoms with Gasteiger partial charge in [-0.1, -0.05) is 0 Å². The van der Waals surface area contributed by atoms with Gasteiger partial charge in [-0.2, -0.15) is 4.98 Å². The number of hydrogen-bond acceptors (Lipinski definition) is 4. The Kier molecular flexibility index (Phi) is 3.30. The molecule has 0 radical (unpaired) electrons. The molecule has 6 heteroatoms. The van der Waals surface area contributed by atoms with Gasteiger partial charge < -0.3 is 14.8 Å². The fourth-order valence-corrected chi connectivity index (χ4v) is 1.91. The van der Waals surface area contributed by atoms with Crippen molar-refractivity contribution >= 4 is 12.0 Å². The normalized spacial score (nSPS) is 18.2. The van der Waals surface area contributed by atoms with E-state index in [2.05, 4.69) is 15.6 Å². The van der Waals surface area contributed by atoms with E-state index in [0.717, 1.165) is 18.5 Å². The van der Waals surface area contributed by atoms with E-state index < -0.39 is 11.6 Å². The van der Waals surface area contributed by atoms with Crippen LogP contribution in [0.15, 0.2) is 4.42 Å². The standard InChI is InChI=1S/C12H19N3O3/c1-7-8(2)18-11(13-7)14-10(17)15-12(3,6-16)9-4-5-9/h9,16H,4-6H2,1-3H3,(H2,13,14,15,17). The molecule has 0 saturated heterocycles. The Hall–Kier alpha value is -1.56. The number of anilines is 1. The summed E-state index contributed by atoms with van der Waals surface area (Å²) in [6.45, 7) is 5.36. The monoisotopic (exact) mass is 253 g/mol. The predicted molar refractivity (Wildman–Crippen MR) is 66.3 cm³/mol. The highest BCUT2D eigenvalue weighted by Gasteiger charge is 2.42. The summed E-state index contributed by atoms with van der Waals surface area (Å²) < 4.78 is 5.26. The van der Waals surface area contributed by atoms with Crippen molar-refractivity contribution in [2.45, 2.75) is 39.2 Å². The smallest absolute Gasteiger partial charge is 0.323 e. The van der Waals surface area contributed by atoms with Gasteiger partial charge in [0.15, 0.2) is 0 Å². The summed E-state index contributed by atoms with van der Waals surface area (Å²) in [5.41, 5.74) is 0.179. The maximum atomic E-state index is 11.8. The summed E-state index contributed by atoms with van der Waals surface area (Å²) in [5.74, 6) is 1.03. The van der Waals surface area contributed by atoms with Crippen molar-refractivity contribution < 1.29 is 14.3 Å². The summed E-state index contributed by atoms with van der Waals surface area (Å²) in [6, 6.07) is -0.224. The molecule has 0 aromatic carbocycles. The first-order chi connectivity index (χ1) is 8.44. The molecule has 0 spiro atoms. The lowest BCUT2D eigenvalue weighted by atomic mass is 9.97. The molecule has 1 atom stereocenters. The van der Waals surface area contributed by atoms with Crippen molar-refractivity contribution in [2.75, 3.05) is 11.9 Å². The summed E-state index contributed by atoms with van der Waals surface area (Å²) in [5, 5.41) is 14.7. The molecular weight excluding hydrogens is 234 g/mol. The Morgan fingerprint density at radius 3 is 2.67 bits per heavy atom. The van der Waals surface area contributed by atoms with E-state index in [1.807, 2.05) is 13.8 Å². The van der Waals surface area contributed by atoms with E-state index in [1.54, 1.807) is 6.92 Å². The Labute approximate surface area is 106 Å². The Morgan fingerprint density at radius 2 is 2.22 bits per heavy atom. The molecule has 1 unspecified atom stereocenters. The number of carbonyl (C=O) groups is 1. The number of urea groups is 1. The third-order valence-electron chi connectivity index (χ3n) is 3.45. The highest BCUT2D eigenvalue weighted by Crippen LogP contribution is 2.39. The Bertz CT molecular complexity index is 434. The van der Waals surface area contributed by atoms with Crippen LogP contribution in [-0.4, -0.2) is 28.3 Å². The molecule has 2 amide bonds. The van der Waals surface area contributed by atoms with Crippen LogP contribution in [-0.2, 0) is 0 Å². The van der Waals surface area contributed by atoms with Crippen LogP contribution in [0.3, 0.4) is 0 Å². The maximum absolute atomic E-state index is 11.8. The Morgan fingerprint density at radius 1 is 1.56 bits per heavy atom. The van der Waals surface area contributed by atoms with Gasteiger partial charge in [0.05, 0.1) is 17.8 Å². The van der Waals surface area contributed by atoms with Gasteiger partial charge in [-0.25, -0.2) is 4.79 Å². The summed E-state index contributed by atoms with van der Waals surface area (Å²) in [7, 11) is 0. The first-order valence-corrected chi connectivity index (χ1v) is 6.08. The molecule has 2 rings (SSSR count). The molecule has 0 aliphatic heterocycles. The summed E-state index contributed by atoms with van der Waals surface area (Å²) in [4.78, 5) is 15.9. The fraction of sp³-hybridized carbons (Fsp3) is 0.667. The number of oxazole rings is 1. The largest absolute Gasteiger partial charge is 0.428 e. The van der Waals surface area contributed by atoms with Crippen LogP contribution < -0.4 is 10.6 Å². The number of hydrogen-bond donors (Lipinski definition) is 3. The predicted octanol–water partition coefficient (Wildman–Crippen LogP) is 1.57. The third kappa shape index (κ3) is 2.64. The average molecular weight is 253 g/mol. The minimum atomic E-state index is -0.569. The zero-order valence-electron chi connectivity index (χ0n) is 10.9. The molecule has 0 bridgehead atoms. The highest BCUT2D eigenvalue weighted by atomic mass is 16.4. The van der Waals surface area contributed by atoms with E-state index in [1.165, 1.54) is 0 Å². The van der Waals surface area contributed by atoms with Crippen molar-refractivity contribution in [1.29, 1.82) is 0 Å². The number of aryl methyl sites for hydroxylation is 2. The topological polar surface area (TPSA) is 87.4 Å². The first kappa shape index (κ1) is 12.9. The zero-order valence-corrected chi connectivity index (χ0v) is 10.9. The highest BCUT2D eigenvalue weighted by molar-refractivity contribution is 5.87. The van der Waals surface area contributed by atoms with Gasteiger partial charge in [0, 0.05) is 0 Å². The number of aromatic nitrogens is 1. The van der Waals surface area contributed by atoms with Crippen LogP contribution >= 0.6 is 0 Å². The number of rotatable bonds is 4. The number of nitrogens with zero attached hydrogens (tertiary/aromatic N) is 1. The van der Waals surface area contributed by atoms with Gasteiger partial charge in [0.25, 0.3) is 0 Å². The number of aliphatic hydroxyl groups is 1. The van der Waals surface area contributed by atoms with Gasteiger partial charge in [-0.05, 0) is 39.5 Å². The molecule has 1 aliphatic rings. The lowest BCUT2D eigenvalue weighted by Gasteiger charge is -2.28. The van der Waals surface area contributed by atoms with Gasteiger partial charge in [-0.3, -0.25) is 5.32 Å². The molecule has 1 aromatic rings. The maximum Gasteiger partial charge on any atom is 0.323 e. The quantitative estimate of drug-likeness (QED) is 0.760. The van der Waals surface area contributed by atoms with Crippen molar-refractivity contribution in [2.24, 2.45) is 5.92 Å². The molecule has 18 heavy (non-hydrogen) atoms. The van der Waals surface area contributed by atoms with Crippen LogP contribution in [0.4, 0.5) is 10.8 Å². The molecule has 3 N–H and O–H groups in total. The lowest BCUT2D eigenvalue weighted by Crippen LogP contribution is -2.52. The molecule has 1 fully saturated rings. The lowest BCUT2D eigenvalue weighted by molar-refractivity contribution is 0.159. The van der Waals surface area contributed by atoms with E-state index in [0.29, 0.717) is 11.7 Å². The molecule has 1 saturated carbocycles. The van der Waals surface area contributed by atoms with Gasteiger partial charge in [0.2, 0.25) is 0 Å². The van der Waals surface area contributed by atoms with Crippen molar-refractivity contribution in [1.82, 2.24) is 10.3 Å².